The lowest BCUT2D eigenvalue weighted by Gasteiger charge is -2.19. The van der Waals surface area contributed by atoms with E-state index in [0.29, 0.717) is 42.8 Å². The molecular weight excluding hydrogens is 376 g/mol. The Morgan fingerprint density at radius 3 is 2.03 bits per heavy atom. The Hall–Kier alpha value is -2.84. The van der Waals surface area contributed by atoms with Gasteiger partial charge < -0.3 is 34.9 Å². The lowest BCUT2D eigenvalue weighted by atomic mass is 10.1. The van der Waals surface area contributed by atoms with Crippen LogP contribution < -0.4 is 30.2 Å². The minimum atomic E-state index is -0.502. The molecule has 29 heavy (non-hydrogen) atoms. The van der Waals surface area contributed by atoms with E-state index in [4.69, 9.17) is 18.9 Å². The van der Waals surface area contributed by atoms with Crippen LogP contribution in [0.5, 0.6) is 17.2 Å². The van der Waals surface area contributed by atoms with Crippen LogP contribution >= 0.6 is 0 Å². The molecule has 1 amide bonds. The maximum Gasteiger partial charge on any atom is 0.407 e. The van der Waals surface area contributed by atoms with E-state index in [1.165, 1.54) is 0 Å². The number of carbonyl (C=O) groups excluding carboxylic acids is 1. The lowest BCUT2D eigenvalue weighted by Crippen LogP contribution is -2.39. The molecule has 0 heterocycles. The number of rotatable bonds is 9. The zero-order chi connectivity index (χ0) is 21.9. The molecule has 0 aromatic heterocycles. The molecule has 0 spiro atoms. The van der Waals surface area contributed by atoms with E-state index in [1.807, 2.05) is 20.8 Å². The summed E-state index contributed by atoms with van der Waals surface area (Å²) in [6, 6.07) is 3.61. The second-order valence-corrected chi connectivity index (χ2v) is 7.15. The van der Waals surface area contributed by atoms with Gasteiger partial charge in [-0.25, -0.2) is 4.79 Å². The van der Waals surface area contributed by atoms with E-state index >= 15 is 0 Å². The minimum Gasteiger partial charge on any atom is -0.496 e. The summed E-state index contributed by atoms with van der Waals surface area (Å²) in [4.78, 5) is 15.8. The molecule has 1 aromatic carbocycles. The van der Waals surface area contributed by atoms with E-state index in [2.05, 4.69) is 20.9 Å². The van der Waals surface area contributed by atoms with Gasteiger partial charge in [0.05, 0.1) is 33.4 Å². The molecule has 1 aromatic rings. The second-order valence-electron chi connectivity index (χ2n) is 7.15. The van der Waals surface area contributed by atoms with Crippen molar-refractivity contribution < 1.29 is 23.7 Å². The number of alkyl carbamates (subject to hydrolysis) is 1. The first-order chi connectivity index (χ1) is 13.7. The highest BCUT2D eigenvalue weighted by molar-refractivity contribution is 5.79. The number of aliphatic imine (C=N–C) groups is 1. The third-order valence-electron chi connectivity index (χ3n) is 3.79. The van der Waals surface area contributed by atoms with Crippen molar-refractivity contribution in [1.29, 1.82) is 0 Å². The number of methoxy groups -OCH3 is 3. The van der Waals surface area contributed by atoms with E-state index in [1.54, 1.807) is 40.5 Å². The van der Waals surface area contributed by atoms with Crippen LogP contribution in [0.4, 0.5) is 4.79 Å². The molecule has 0 bridgehead atoms. The summed E-state index contributed by atoms with van der Waals surface area (Å²) >= 11 is 0. The van der Waals surface area contributed by atoms with Gasteiger partial charge in [0.1, 0.15) is 22.8 Å². The number of ether oxygens (including phenoxy) is 4. The quantitative estimate of drug-likeness (QED) is 0.326. The van der Waals surface area contributed by atoms with Gasteiger partial charge in [-0.2, -0.15) is 0 Å². The number of nitrogens with one attached hydrogen (secondary N) is 3. The van der Waals surface area contributed by atoms with Gasteiger partial charge in [-0.3, -0.25) is 4.99 Å². The molecule has 3 N–H and O–H groups in total. The Balaban J connectivity index is 2.50. The molecule has 1 rings (SSSR count). The molecular formula is C20H34N4O5. The fraction of sp³-hybridized carbons (Fsp3) is 0.600. The lowest BCUT2D eigenvalue weighted by molar-refractivity contribution is 0.0527. The first-order valence-electron chi connectivity index (χ1n) is 9.44. The number of carbonyl (C=O) groups is 1. The molecule has 0 radical (unpaired) electrons. The first kappa shape index (κ1) is 24.2. The molecule has 0 aliphatic carbocycles. The zero-order valence-electron chi connectivity index (χ0n) is 18.5. The Kier molecular flexibility index (Phi) is 9.91. The van der Waals surface area contributed by atoms with Crippen LogP contribution in [0.2, 0.25) is 0 Å². The largest absolute Gasteiger partial charge is 0.496 e. The summed E-state index contributed by atoms with van der Waals surface area (Å²) in [6.45, 7) is 7.07. The second kappa shape index (κ2) is 11.9. The number of nitrogens with zero attached hydrogens (tertiary/aromatic N) is 1. The minimum absolute atomic E-state index is 0.418. The molecule has 9 nitrogen and oxygen atoms in total. The van der Waals surface area contributed by atoms with Gasteiger partial charge in [0, 0.05) is 32.3 Å². The maximum atomic E-state index is 11.6. The van der Waals surface area contributed by atoms with Crippen molar-refractivity contribution in [2.75, 3.05) is 41.5 Å². The van der Waals surface area contributed by atoms with Crippen LogP contribution in [0.1, 0.15) is 32.8 Å². The number of guanidine groups is 1. The smallest absolute Gasteiger partial charge is 0.407 e. The highest BCUT2D eigenvalue weighted by atomic mass is 16.6. The van der Waals surface area contributed by atoms with Crippen molar-refractivity contribution in [3.8, 4) is 17.2 Å². The summed E-state index contributed by atoms with van der Waals surface area (Å²) in [5.41, 5.74) is 0.350. The van der Waals surface area contributed by atoms with E-state index in [9.17, 15) is 4.79 Å². The zero-order valence-corrected chi connectivity index (χ0v) is 18.5. The van der Waals surface area contributed by atoms with Crippen LogP contribution in [-0.2, 0) is 11.3 Å². The summed E-state index contributed by atoms with van der Waals surface area (Å²) in [7, 11) is 6.48. The Morgan fingerprint density at radius 1 is 0.966 bits per heavy atom. The molecule has 0 saturated carbocycles. The third-order valence-corrected chi connectivity index (χ3v) is 3.79. The Bertz CT molecular complexity index is 661. The van der Waals surface area contributed by atoms with Crippen molar-refractivity contribution in [1.82, 2.24) is 16.0 Å². The molecule has 0 saturated heterocycles. The fourth-order valence-electron chi connectivity index (χ4n) is 2.44. The van der Waals surface area contributed by atoms with Gasteiger partial charge in [-0.15, -0.1) is 0 Å². The predicted molar refractivity (Wildman–Crippen MR) is 113 cm³/mol. The van der Waals surface area contributed by atoms with Crippen molar-refractivity contribution in [2.45, 2.75) is 39.3 Å². The Labute approximate surface area is 173 Å². The summed E-state index contributed by atoms with van der Waals surface area (Å²) in [6.07, 6.45) is 0.300. The van der Waals surface area contributed by atoms with Crippen LogP contribution in [0, 0.1) is 0 Å². The fourth-order valence-corrected chi connectivity index (χ4v) is 2.44. The normalized spacial score (nSPS) is 11.5. The topological polar surface area (TPSA) is 102 Å². The molecule has 0 atom stereocenters. The number of hydrogen-bond donors (Lipinski definition) is 3. The molecule has 0 fully saturated rings. The molecule has 9 heteroatoms. The summed E-state index contributed by atoms with van der Waals surface area (Å²) in [5.74, 6) is 2.60. The van der Waals surface area contributed by atoms with E-state index in [0.717, 1.165) is 12.0 Å². The standard InChI is InChI=1S/C20H34N4O5/c1-20(2,3)29-19(25)23-10-8-9-22-18(21-4)24-13-15-16(27-6)11-14(26-5)12-17(15)28-7/h11-12H,8-10,13H2,1-7H3,(H,23,25)(H2,21,22,24). The molecule has 0 unspecified atom stereocenters. The van der Waals surface area contributed by atoms with Gasteiger partial charge in [-0.1, -0.05) is 0 Å². The van der Waals surface area contributed by atoms with E-state index < -0.39 is 11.7 Å². The average molecular weight is 411 g/mol. The third kappa shape index (κ3) is 8.80. The van der Waals surface area contributed by atoms with Crippen molar-refractivity contribution in [3.63, 3.8) is 0 Å². The van der Waals surface area contributed by atoms with Crippen molar-refractivity contribution >= 4 is 12.1 Å². The molecule has 164 valence electrons. The van der Waals surface area contributed by atoms with Gasteiger partial charge in [0.15, 0.2) is 5.96 Å². The monoisotopic (exact) mass is 410 g/mol. The maximum absolute atomic E-state index is 11.6. The van der Waals surface area contributed by atoms with Crippen LogP contribution in [0.15, 0.2) is 17.1 Å². The highest BCUT2D eigenvalue weighted by Gasteiger charge is 2.16. The van der Waals surface area contributed by atoms with Crippen LogP contribution in [-0.4, -0.2) is 59.1 Å². The van der Waals surface area contributed by atoms with Crippen molar-refractivity contribution in [3.05, 3.63) is 17.7 Å². The number of hydrogen-bond acceptors (Lipinski definition) is 6. The van der Waals surface area contributed by atoms with Gasteiger partial charge in [-0.05, 0) is 27.2 Å². The number of benzene rings is 1. The molecule has 0 aliphatic rings. The van der Waals surface area contributed by atoms with Gasteiger partial charge >= 0.3 is 6.09 Å². The number of amides is 1. The van der Waals surface area contributed by atoms with Crippen molar-refractivity contribution in [2.24, 2.45) is 4.99 Å². The van der Waals surface area contributed by atoms with Gasteiger partial charge in [0.25, 0.3) is 0 Å². The molecule has 0 aliphatic heterocycles. The summed E-state index contributed by atoms with van der Waals surface area (Å²) in [5, 5.41) is 9.15. The highest BCUT2D eigenvalue weighted by Crippen LogP contribution is 2.33. The SMILES string of the molecule is CN=C(NCCCNC(=O)OC(C)(C)C)NCc1c(OC)cc(OC)cc1OC. The average Bonchev–Trinajstić information content (AvgIpc) is 2.67. The predicted octanol–water partition coefficient (Wildman–Crippen LogP) is 2.29. The van der Waals surface area contributed by atoms with E-state index in [-0.39, 0.29) is 0 Å². The van der Waals surface area contributed by atoms with Crippen LogP contribution in [0.3, 0.4) is 0 Å². The summed E-state index contributed by atoms with van der Waals surface area (Å²) < 4.78 is 21.4. The van der Waals surface area contributed by atoms with Gasteiger partial charge in [0.2, 0.25) is 0 Å². The van der Waals surface area contributed by atoms with Crippen LogP contribution in [0.25, 0.3) is 0 Å². The first-order valence-corrected chi connectivity index (χ1v) is 9.44. The Morgan fingerprint density at radius 2 is 1.55 bits per heavy atom.